The van der Waals surface area contributed by atoms with E-state index in [0.717, 1.165) is 13.0 Å². The van der Waals surface area contributed by atoms with Gasteiger partial charge in [0.2, 0.25) is 5.91 Å². The van der Waals surface area contributed by atoms with E-state index in [2.05, 4.69) is 20.6 Å². The molecule has 0 radical (unpaired) electrons. The van der Waals surface area contributed by atoms with Crippen LogP contribution in [0, 0.1) is 5.82 Å². The van der Waals surface area contributed by atoms with Crippen molar-refractivity contribution in [1.82, 2.24) is 20.5 Å². The Hall–Kier alpha value is -1.65. The second kappa shape index (κ2) is 10.4. The summed E-state index contributed by atoms with van der Waals surface area (Å²) >= 11 is 0. The van der Waals surface area contributed by atoms with Crippen LogP contribution in [0.1, 0.15) is 12.8 Å². The zero-order chi connectivity index (χ0) is 17.5. The van der Waals surface area contributed by atoms with Crippen molar-refractivity contribution < 1.29 is 9.18 Å². The van der Waals surface area contributed by atoms with Crippen LogP contribution in [0.5, 0.6) is 0 Å². The Balaban J connectivity index is 0.00000312. The van der Waals surface area contributed by atoms with Gasteiger partial charge in [-0.1, -0.05) is 0 Å². The number of halogens is 2. The smallest absolute Gasteiger partial charge is 0.223 e. The number of carbonyl (C=O) groups excluding carboxylic acids is 1. The number of nitrogens with one attached hydrogen (secondary N) is 2. The van der Waals surface area contributed by atoms with E-state index in [4.69, 9.17) is 0 Å². The molecule has 1 fully saturated rings. The van der Waals surface area contributed by atoms with Gasteiger partial charge < -0.3 is 20.4 Å². The van der Waals surface area contributed by atoms with E-state index in [9.17, 15) is 9.18 Å². The molecule has 1 aliphatic heterocycles. The number of anilines is 1. The van der Waals surface area contributed by atoms with Crippen molar-refractivity contribution in [3.8, 4) is 0 Å². The van der Waals surface area contributed by atoms with Gasteiger partial charge in [0.1, 0.15) is 0 Å². The highest BCUT2D eigenvalue weighted by molar-refractivity contribution is 14.0. The number of aromatic nitrogens is 1. The van der Waals surface area contributed by atoms with Crippen LogP contribution in [-0.4, -0.2) is 68.6 Å². The van der Waals surface area contributed by atoms with Crippen LogP contribution in [0.4, 0.5) is 10.2 Å². The summed E-state index contributed by atoms with van der Waals surface area (Å²) in [7, 11) is 5.16. The molecular formula is C16H26FIN6O. The molecule has 0 aliphatic carbocycles. The fourth-order valence-electron chi connectivity index (χ4n) is 2.58. The van der Waals surface area contributed by atoms with Crippen LogP contribution in [-0.2, 0) is 4.79 Å². The van der Waals surface area contributed by atoms with Gasteiger partial charge in [0.25, 0.3) is 0 Å². The first-order valence-corrected chi connectivity index (χ1v) is 8.04. The average Bonchev–Trinajstić information content (AvgIpc) is 3.02. The number of amides is 1. The molecule has 1 aliphatic rings. The minimum Gasteiger partial charge on any atom is -0.356 e. The highest BCUT2D eigenvalue weighted by Crippen LogP contribution is 2.20. The van der Waals surface area contributed by atoms with Crippen molar-refractivity contribution >= 4 is 41.7 Å². The van der Waals surface area contributed by atoms with Gasteiger partial charge in [0, 0.05) is 59.4 Å². The summed E-state index contributed by atoms with van der Waals surface area (Å²) < 4.78 is 13.8. The summed E-state index contributed by atoms with van der Waals surface area (Å²) in [6, 6.07) is 3.17. The second-order valence-electron chi connectivity index (χ2n) is 5.92. The summed E-state index contributed by atoms with van der Waals surface area (Å²) in [4.78, 5) is 23.3. The molecule has 2 N–H and O–H groups in total. The van der Waals surface area contributed by atoms with Gasteiger partial charge in [-0.05, 0) is 18.6 Å². The lowest BCUT2D eigenvalue weighted by atomic mass is 10.3. The minimum absolute atomic E-state index is 0. The maximum Gasteiger partial charge on any atom is 0.223 e. The van der Waals surface area contributed by atoms with Crippen molar-refractivity contribution in [2.45, 2.75) is 18.9 Å². The molecule has 9 heteroatoms. The van der Waals surface area contributed by atoms with E-state index in [1.165, 1.54) is 6.07 Å². The van der Waals surface area contributed by atoms with Crippen LogP contribution in [0.15, 0.2) is 23.3 Å². The minimum atomic E-state index is -0.303. The molecule has 1 aromatic rings. The predicted molar refractivity (Wildman–Crippen MR) is 108 cm³/mol. The van der Waals surface area contributed by atoms with Gasteiger partial charge in [-0.3, -0.25) is 9.79 Å². The molecule has 0 spiro atoms. The first kappa shape index (κ1) is 21.4. The van der Waals surface area contributed by atoms with Crippen molar-refractivity contribution in [3.05, 3.63) is 24.1 Å². The molecule has 0 bridgehead atoms. The molecule has 1 aromatic heterocycles. The Morgan fingerprint density at radius 1 is 1.52 bits per heavy atom. The largest absolute Gasteiger partial charge is 0.356 e. The normalized spacial score (nSPS) is 17.0. The highest BCUT2D eigenvalue weighted by Gasteiger charge is 2.25. The van der Waals surface area contributed by atoms with Crippen molar-refractivity contribution in [1.29, 1.82) is 0 Å². The molecule has 1 amide bonds. The van der Waals surface area contributed by atoms with Crippen molar-refractivity contribution in [3.63, 3.8) is 0 Å². The van der Waals surface area contributed by atoms with Crippen molar-refractivity contribution in [2.24, 2.45) is 4.99 Å². The fourth-order valence-corrected chi connectivity index (χ4v) is 2.58. The Morgan fingerprint density at radius 3 is 2.92 bits per heavy atom. The van der Waals surface area contributed by atoms with Crippen LogP contribution in [0.2, 0.25) is 0 Å². The number of hydrogen-bond acceptors (Lipinski definition) is 4. The molecule has 0 aromatic carbocycles. The number of carbonyl (C=O) groups is 1. The Morgan fingerprint density at radius 2 is 2.28 bits per heavy atom. The Bertz CT molecular complexity index is 598. The molecule has 2 heterocycles. The van der Waals surface area contributed by atoms with E-state index in [1.807, 2.05) is 4.90 Å². The van der Waals surface area contributed by atoms with E-state index in [1.54, 1.807) is 38.3 Å². The van der Waals surface area contributed by atoms with Crippen LogP contribution < -0.4 is 15.5 Å². The molecule has 1 atom stereocenters. The van der Waals surface area contributed by atoms with Crippen LogP contribution in [0.25, 0.3) is 0 Å². The first-order chi connectivity index (χ1) is 11.5. The molecule has 2 rings (SSSR count). The van der Waals surface area contributed by atoms with Crippen LogP contribution >= 0.6 is 24.0 Å². The number of guanidine groups is 1. The molecule has 7 nitrogen and oxygen atoms in total. The summed E-state index contributed by atoms with van der Waals surface area (Å²) in [5, 5.41) is 6.44. The molecule has 0 saturated carbocycles. The van der Waals surface area contributed by atoms with E-state index < -0.39 is 0 Å². The number of hydrogen-bond donors (Lipinski definition) is 2. The summed E-state index contributed by atoms with van der Waals surface area (Å²) in [6.45, 7) is 1.91. The first-order valence-electron chi connectivity index (χ1n) is 8.04. The third-order valence-corrected chi connectivity index (χ3v) is 3.92. The lowest BCUT2D eigenvalue weighted by Gasteiger charge is -2.20. The third-order valence-electron chi connectivity index (χ3n) is 3.92. The topological polar surface area (TPSA) is 72.9 Å². The molecule has 1 unspecified atom stereocenters. The molecular weight excluding hydrogens is 438 g/mol. The number of pyridine rings is 1. The van der Waals surface area contributed by atoms with E-state index in [-0.39, 0.29) is 41.7 Å². The molecule has 25 heavy (non-hydrogen) atoms. The van der Waals surface area contributed by atoms with Gasteiger partial charge in [-0.25, -0.2) is 9.37 Å². The maximum absolute atomic E-state index is 13.8. The average molecular weight is 464 g/mol. The Labute approximate surface area is 165 Å². The summed E-state index contributed by atoms with van der Waals surface area (Å²) in [5.41, 5.74) is 0. The SMILES string of the molecule is CN=C(NCCC(=O)N(C)C)NC1CCN(c2ncccc2F)C1.I. The summed E-state index contributed by atoms with van der Waals surface area (Å²) in [6.07, 6.45) is 2.87. The van der Waals surface area contributed by atoms with Gasteiger partial charge in [-0.2, -0.15) is 0 Å². The van der Waals surface area contributed by atoms with Gasteiger partial charge >= 0.3 is 0 Å². The highest BCUT2D eigenvalue weighted by atomic mass is 127. The number of rotatable bonds is 5. The zero-order valence-electron chi connectivity index (χ0n) is 14.8. The van der Waals surface area contributed by atoms with Gasteiger partial charge in [0.15, 0.2) is 17.6 Å². The summed E-state index contributed by atoms with van der Waals surface area (Å²) in [5.74, 6) is 0.801. The lowest BCUT2D eigenvalue weighted by molar-refractivity contribution is -0.128. The predicted octanol–water partition coefficient (Wildman–Crippen LogP) is 1.06. The second-order valence-corrected chi connectivity index (χ2v) is 5.92. The van der Waals surface area contributed by atoms with Crippen molar-refractivity contribution in [2.75, 3.05) is 45.7 Å². The molecule has 1 saturated heterocycles. The van der Waals surface area contributed by atoms with Crippen LogP contribution in [0.3, 0.4) is 0 Å². The Kier molecular flexibility index (Phi) is 8.87. The zero-order valence-corrected chi connectivity index (χ0v) is 17.2. The van der Waals surface area contributed by atoms with Gasteiger partial charge in [-0.15, -0.1) is 24.0 Å². The molecule has 140 valence electrons. The maximum atomic E-state index is 13.8. The third kappa shape index (κ3) is 6.29. The van der Waals surface area contributed by atoms with E-state index in [0.29, 0.717) is 31.3 Å². The standard InChI is InChI=1S/C16H25FN6O.HI/c1-18-16(20-9-6-14(24)22(2)3)21-12-7-10-23(11-12)15-13(17)5-4-8-19-15;/h4-5,8,12H,6-7,9-11H2,1-3H3,(H2,18,20,21);1H. The fraction of sp³-hybridized carbons (Fsp3) is 0.562. The quantitative estimate of drug-likeness (QED) is 0.388. The van der Waals surface area contributed by atoms with Gasteiger partial charge in [0.05, 0.1) is 0 Å². The lowest BCUT2D eigenvalue weighted by Crippen LogP contribution is -2.45. The van der Waals surface area contributed by atoms with E-state index >= 15 is 0 Å². The number of aliphatic imine (C=N–C) groups is 1. The number of nitrogens with zero attached hydrogens (tertiary/aromatic N) is 4. The monoisotopic (exact) mass is 464 g/mol.